The van der Waals surface area contributed by atoms with Crippen molar-refractivity contribution in [2.45, 2.75) is 26.7 Å². The molecule has 2 heterocycles. The van der Waals surface area contributed by atoms with Crippen LogP contribution in [0.1, 0.15) is 41.6 Å². The second-order valence-electron chi connectivity index (χ2n) is 4.40. The highest BCUT2D eigenvalue weighted by molar-refractivity contribution is 5.92. The van der Waals surface area contributed by atoms with E-state index in [-0.39, 0.29) is 5.91 Å². The minimum Gasteiger partial charge on any atom is -0.451 e. The highest BCUT2D eigenvalue weighted by Gasteiger charge is 2.23. The molecule has 1 aromatic heterocycles. The van der Waals surface area contributed by atoms with E-state index in [0.29, 0.717) is 5.76 Å². The van der Waals surface area contributed by atoms with Crippen molar-refractivity contribution < 1.29 is 9.21 Å². The molecular weight excluding hydrogens is 202 g/mol. The van der Waals surface area contributed by atoms with Gasteiger partial charge in [-0.25, -0.2) is 0 Å². The number of hydrogen-bond donors (Lipinski definition) is 0. The Labute approximate surface area is 95.7 Å². The van der Waals surface area contributed by atoms with Gasteiger partial charge in [0, 0.05) is 13.1 Å². The summed E-state index contributed by atoms with van der Waals surface area (Å²) in [5.41, 5.74) is 1.84. The van der Waals surface area contributed by atoms with Crippen LogP contribution in [0.5, 0.6) is 0 Å². The van der Waals surface area contributed by atoms with Gasteiger partial charge in [0.1, 0.15) is 5.76 Å². The molecule has 0 bridgehead atoms. The van der Waals surface area contributed by atoms with Crippen LogP contribution < -0.4 is 0 Å². The molecule has 16 heavy (non-hydrogen) atoms. The monoisotopic (exact) mass is 219 g/mol. The van der Waals surface area contributed by atoms with Crippen molar-refractivity contribution in [3.8, 4) is 0 Å². The molecule has 0 spiro atoms. The molecule has 86 valence electrons. The van der Waals surface area contributed by atoms with Crippen LogP contribution in [0.15, 0.2) is 17.1 Å². The van der Waals surface area contributed by atoms with E-state index in [1.165, 1.54) is 0 Å². The summed E-state index contributed by atoms with van der Waals surface area (Å²) in [6.07, 6.45) is 2.19. The first-order valence-electron chi connectivity index (χ1n) is 5.65. The topological polar surface area (TPSA) is 33.5 Å². The molecule has 1 saturated heterocycles. The van der Waals surface area contributed by atoms with Crippen molar-refractivity contribution in [1.29, 1.82) is 0 Å². The van der Waals surface area contributed by atoms with Gasteiger partial charge in [0.05, 0.1) is 0 Å². The molecule has 0 saturated carbocycles. The van der Waals surface area contributed by atoms with Gasteiger partial charge in [0.2, 0.25) is 0 Å². The summed E-state index contributed by atoms with van der Waals surface area (Å²) >= 11 is 0. The van der Waals surface area contributed by atoms with Gasteiger partial charge in [-0.15, -0.1) is 0 Å². The Morgan fingerprint density at radius 2 is 2.06 bits per heavy atom. The van der Waals surface area contributed by atoms with Gasteiger partial charge in [-0.1, -0.05) is 6.58 Å². The number of furan rings is 1. The van der Waals surface area contributed by atoms with Gasteiger partial charge in [-0.2, -0.15) is 0 Å². The zero-order valence-electron chi connectivity index (χ0n) is 9.88. The van der Waals surface area contributed by atoms with Gasteiger partial charge in [0.15, 0.2) is 5.76 Å². The Morgan fingerprint density at radius 3 is 2.56 bits per heavy atom. The Hall–Kier alpha value is -1.51. The van der Waals surface area contributed by atoms with Crippen LogP contribution in [0.4, 0.5) is 0 Å². The molecule has 0 unspecified atom stereocenters. The molecule has 0 aromatic carbocycles. The van der Waals surface area contributed by atoms with E-state index >= 15 is 0 Å². The molecule has 1 aliphatic rings. The van der Waals surface area contributed by atoms with Crippen molar-refractivity contribution >= 4 is 11.5 Å². The third-order valence-corrected chi connectivity index (χ3v) is 2.91. The van der Waals surface area contributed by atoms with Gasteiger partial charge < -0.3 is 9.32 Å². The quantitative estimate of drug-likeness (QED) is 0.766. The first-order valence-corrected chi connectivity index (χ1v) is 5.65. The van der Waals surface area contributed by atoms with Crippen molar-refractivity contribution in [2.75, 3.05) is 13.1 Å². The number of hydrogen-bond acceptors (Lipinski definition) is 2. The zero-order chi connectivity index (χ0) is 11.7. The van der Waals surface area contributed by atoms with Crippen LogP contribution in [0.2, 0.25) is 0 Å². The lowest BCUT2D eigenvalue weighted by atomic mass is 10.2. The van der Waals surface area contributed by atoms with Gasteiger partial charge in [0.25, 0.3) is 5.91 Å². The number of aryl methyl sites for hydroxylation is 1. The van der Waals surface area contributed by atoms with Crippen LogP contribution in [-0.4, -0.2) is 23.9 Å². The summed E-state index contributed by atoms with van der Waals surface area (Å²) in [5.74, 6) is 1.19. The van der Waals surface area contributed by atoms with E-state index < -0.39 is 0 Å². The summed E-state index contributed by atoms with van der Waals surface area (Å²) in [6.45, 7) is 9.36. The lowest BCUT2D eigenvalue weighted by Crippen LogP contribution is -2.27. The van der Waals surface area contributed by atoms with Crippen LogP contribution in [0, 0.1) is 6.92 Å². The summed E-state index contributed by atoms with van der Waals surface area (Å²) in [4.78, 5) is 13.9. The van der Waals surface area contributed by atoms with Gasteiger partial charge >= 0.3 is 0 Å². The minimum absolute atomic E-state index is 0.00750. The second kappa shape index (κ2) is 4.16. The molecule has 0 radical (unpaired) electrons. The molecule has 2 rings (SSSR count). The molecule has 0 N–H and O–H groups in total. The second-order valence-corrected chi connectivity index (χ2v) is 4.40. The fraction of sp³-hybridized carbons (Fsp3) is 0.462. The number of amides is 1. The molecule has 0 aliphatic carbocycles. The largest absolute Gasteiger partial charge is 0.451 e. The van der Waals surface area contributed by atoms with Crippen LogP contribution in [0.3, 0.4) is 0 Å². The predicted molar refractivity (Wildman–Crippen MR) is 63.3 cm³/mol. The molecule has 1 amide bonds. The molecule has 3 heteroatoms. The first-order chi connectivity index (χ1) is 7.59. The highest BCUT2D eigenvalue weighted by Crippen LogP contribution is 2.23. The maximum absolute atomic E-state index is 12.0. The highest BCUT2D eigenvalue weighted by atomic mass is 16.4. The van der Waals surface area contributed by atoms with Crippen LogP contribution in [-0.2, 0) is 0 Å². The lowest BCUT2D eigenvalue weighted by molar-refractivity contribution is 0.0761. The first kappa shape index (κ1) is 11.0. The van der Waals surface area contributed by atoms with Crippen molar-refractivity contribution in [2.24, 2.45) is 0 Å². The SMILES string of the molecule is C=C(C)c1oc(C(=O)N2CCCC2)cc1C. The summed E-state index contributed by atoms with van der Waals surface area (Å²) in [6, 6.07) is 1.81. The van der Waals surface area contributed by atoms with E-state index in [9.17, 15) is 4.79 Å². The molecule has 1 aliphatic heterocycles. The van der Waals surface area contributed by atoms with Crippen LogP contribution >= 0.6 is 0 Å². The Bertz CT molecular complexity index is 425. The summed E-state index contributed by atoms with van der Waals surface area (Å²) in [5, 5.41) is 0. The molecule has 1 fully saturated rings. The standard InChI is InChI=1S/C13H17NO2/c1-9(2)12-10(3)8-11(16-12)13(15)14-6-4-5-7-14/h8H,1,4-7H2,2-3H3. The molecule has 3 nitrogen and oxygen atoms in total. The fourth-order valence-corrected chi connectivity index (χ4v) is 2.09. The van der Waals surface area contributed by atoms with E-state index in [1.807, 2.05) is 24.8 Å². The van der Waals surface area contributed by atoms with E-state index in [2.05, 4.69) is 6.58 Å². The Morgan fingerprint density at radius 1 is 1.44 bits per heavy atom. The van der Waals surface area contributed by atoms with Gasteiger partial charge in [-0.05, 0) is 43.9 Å². The third kappa shape index (κ3) is 1.90. The lowest BCUT2D eigenvalue weighted by Gasteiger charge is -2.12. The average Bonchev–Trinajstić information content (AvgIpc) is 2.84. The van der Waals surface area contributed by atoms with Crippen molar-refractivity contribution in [3.05, 3.63) is 29.7 Å². The molecular formula is C13H17NO2. The number of rotatable bonds is 2. The smallest absolute Gasteiger partial charge is 0.289 e. The fourth-order valence-electron chi connectivity index (χ4n) is 2.09. The summed E-state index contributed by atoms with van der Waals surface area (Å²) < 4.78 is 5.56. The number of likely N-dealkylation sites (tertiary alicyclic amines) is 1. The molecule has 1 aromatic rings. The maximum atomic E-state index is 12.0. The Balaban J connectivity index is 2.23. The maximum Gasteiger partial charge on any atom is 0.289 e. The van der Waals surface area contributed by atoms with E-state index in [0.717, 1.165) is 42.8 Å². The zero-order valence-corrected chi connectivity index (χ0v) is 9.88. The number of nitrogens with zero attached hydrogens (tertiary/aromatic N) is 1. The third-order valence-electron chi connectivity index (χ3n) is 2.91. The van der Waals surface area contributed by atoms with Crippen molar-refractivity contribution in [1.82, 2.24) is 4.90 Å². The number of carbonyl (C=O) groups is 1. The Kier molecular flexibility index (Phi) is 2.86. The summed E-state index contributed by atoms with van der Waals surface area (Å²) in [7, 11) is 0. The van der Waals surface area contributed by atoms with E-state index in [4.69, 9.17) is 4.42 Å². The van der Waals surface area contributed by atoms with Crippen molar-refractivity contribution in [3.63, 3.8) is 0 Å². The predicted octanol–water partition coefficient (Wildman–Crippen LogP) is 2.86. The number of carbonyl (C=O) groups excluding carboxylic acids is 1. The molecule has 0 atom stereocenters. The van der Waals surface area contributed by atoms with E-state index in [1.54, 1.807) is 0 Å². The van der Waals surface area contributed by atoms with Gasteiger partial charge in [-0.3, -0.25) is 4.79 Å². The number of allylic oxidation sites excluding steroid dienone is 1. The minimum atomic E-state index is 0.00750. The van der Waals surface area contributed by atoms with Crippen LogP contribution in [0.25, 0.3) is 5.57 Å². The average molecular weight is 219 g/mol. The normalized spacial score (nSPS) is 15.5.